The van der Waals surface area contributed by atoms with Crippen molar-refractivity contribution in [1.82, 2.24) is 5.43 Å². The molecule has 0 heterocycles. The second-order valence-electron chi connectivity index (χ2n) is 6.93. The van der Waals surface area contributed by atoms with Crippen LogP contribution in [0.15, 0.2) is 71.8 Å². The molecule has 6 nitrogen and oxygen atoms in total. The standard InChI is InChI=1S/C25H23N3O3/c1-18-6-5-7-19(2)25(18)31-17-24(29)28-27-15-20-10-12-23(13-11-20)30-16-22-9-4-3-8-21(22)14-26/h3-13,15H,16-17H2,1-2H3,(H,28,29)/b27-15+. The van der Waals surface area contributed by atoms with Gasteiger partial charge >= 0.3 is 0 Å². The zero-order valence-corrected chi connectivity index (χ0v) is 17.5. The van der Waals surface area contributed by atoms with E-state index in [1.165, 1.54) is 0 Å². The van der Waals surface area contributed by atoms with Crippen LogP contribution in [0, 0.1) is 25.2 Å². The minimum atomic E-state index is -0.338. The van der Waals surface area contributed by atoms with Gasteiger partial charge in [0.2, 0.25) is 0 Å². The fraction of sp³-hybridized carbons (Fsp3) is 0.160. The highest BCUT2D eigenvalue weighted by Gasteiger charge is 2.06. The third kappa shape index (κ3) is 6.18. The molecule has 0 radical (unpaired) electrons. The molecule has 156 valence electrons. The van der Waals surface area contributed by atoms with Gasteiger partial charge in [0, 0.05) is 5.56 Å². The van der Waals surface area contributed by atoms with Gasteiger partial charge in [0.1, 0.15) is 18.1 Å². The molecule has 0 bridgehead atoms. The Bertz CT molecular complexity index is 1100. The molecule has 3 aromatic carbocycles. The van der Waals surface area contributed by atoms with E-state index in [0.29, 0.717) is 17.9 Å². The maximum atomic E-state index is 12.0. The number of aryl methyl sites for hydroxylation is 2. The highest BCUT2D eigenvalue weighted by molar-refractivity contribution is 5.83. The molecule has 0 saturated carbocycles. The predicted molar refractivity (Wildman–Crippen MR) is 119 cm³/mol. The number of nitriles is 1. The average Bonchev–Trinajstić information content (AvgIpc) is 2.78. The largest absolute Gasteiger partial charge is 0.489 e. The molecule has 0 saturated heterocycles. The molecule has 0 aliphatic heterocycles. The van der Waals surface area contributed by atoms with Gasteiger partial charge in [-0.05, 0) is 60.9 Å². The minimum Gasteiger partial charge on any atom is -0.489 e. The van der Waals surface area contributed by atoms with Gasteiger partial charge in [-0.25, -0.2) is 5.43 Å². The van der Waals surface area contributed by atoms with Gasteiger partial charge in [0.25, 0.3) is 5.91 Å². The number of amides is 1. The monoisotopic (exact) mass is 413 g/mol. The summed E-state index contributed by atoms with van der Waals surface area (Å²) in [5, 5.41) is 13.1. The number of rotatable bonds is 8. The van der Waals surface area contributed by atoms with Crippen LogP contribution in [-0.4, -0.2) is 18.7 Å². The molecule has 31 heavy (non-hydrogen) atoms. The first-order valence-corrected chi connectivity index (χ1v) is 9.78. The number of hydrogen-bond donors (Lipinski definition) is 1. The molecule has 6 heteroatoms. The molecule has 0 aromatic heterocycles. The second kappa shape index (κ2) is 10.6. The minimum absolute atomic E-state index is 0.111. The number of para-hydroxylation sites is 1. The van der Waals surface area contributed by atoms with E-state index in [9.17, 15) is 4.79 Å². The molecule has 0 aliphatic carbocycles. The molecule has 0 aliphatic rings. The van der Waals surface area contributed by atoms with Crippen LogP contribution in [0.25, 0.3) is 0 Å². The Morgan fingerprint density at radius 2 is 1.71 bits per heavy atom. The maximum absolute atomic E-state index is 12.0. The molecular formula is C25H23N3O3. The fourth-order valence-electron chi connectivity index (χ4n) is 2.94. The summed E-state index contributed by atoms with van der Waals surface area (Å²) in [5.41, 5.74) is 6.66. The first-order chi connectivity index (χ1) is 15.1. The molecule has 0 fully saturated rings. The number of carbonyl (C=O) groups is 1. The van der Waals surface area contributed by atoms with Crippen molar-refractivity contribution in [3.05, 3.63) is 94.5 Å². The van der Waals surface area contributed by atoms with Crippen molar-refractivity contribution in [1.29, 1.82) is 5.26 Å². The van der Waals surface area contributed by atoms with Crippen molar-refractivity contribution in [3.8, 4) is 17.6 Å². The van der Waals surface area contributed by atoms with Crippen molar-refractivity contribution in [2.24, 2.45) is 5.10 Å². The van der Waals surface area contributed by atoms with Crippen LogP contribution in [-0.2, 0) is 11.4 Å². The average molecular weight is 413 g/mol. The third-order valence-corrected chi connectivity index (χ3v) is 4.57. The number of ether oxygens (including phenoxy) is 2. The Morgan fingerprint density at radius 1 is 1.00 bits per heavy atom. The van der Waals surface area contributed by atoms with Gasteiger partial charge in [-0.3, -0.25) is 4.79 Å². The Kier molecular flexibility index (Phi) is 7.39. The van der Waals surface area contributed by atoms with E-state index >= 15 is 0 Å². The van der Waals surface area contributed by atoms with E-state index in [0.717, 1.165) is 28.0 Å². The highest BCUT2D eigenvalue weighted by atomic mass is 16.5. The van der Waals surface area contributed by atoms with Gasteiger partial charge in [0.15, 0.2) is 6.61 Å². The molecule has 0 spiro atoms. The summed E-state index contributed by atoms with van der Waals surface area (Å²) in [7, 11) is 0. The van der Waals surface area contributed by atoms with Crippen LogP contribution in [0.4, 0.5) is 0 Å². The van der Waals surface area contributed by atoms with Crippen LogP contribution in [0.3, 0.4) is 0 Å². The molecule has 1 amide bonds. The number of nitrogens with one attached hydrogen (secondary N) is 1. The van der Waals surface area contributed by atoms with Crippen LogP contribution in [0.5, 0.6) is 11.5 Å². The predicted octanol–water partition coefficient (Wildman–Crippen LogP) is 4.28. The van der Waals surface area contributed by atoms with Crippen molar-refractivity contribution in [3.63, 3.8) is 0 Å². The van der Waals surface area contributed by atoms with Gasteiger partial charge in [-0.1, -0.05) is 36.4 Å². The van der Waals surface area contributed by atoms with Crippen molar-refractivity contribution < 1.29 is 14.3 Å². The van der Waals surface area contributed by atoms with Gasteiger partial charge in [-0.15, -0.1) is 0 Å². The van der Waals surface area contributed by atoms with Crippen LogP contribution in [0.1, 0.15) is 27.8 Å². The van der Waals surface area contributed by atoms with E-state index in [4.69, 9.17) is 14.7 Å². The van der Waals surface area contributed by atoms with E-state index in [-0.39, 0.29) is 12.5 Å². The first-order valence-electron chi connectivity index (χ1n) is 9.78. The summed E-state index contributed by atoms with van der Waals surface area (Å²) in [6.07, 6.45) is 1.55. The van der Waals surface area contributed by atoms with Gasteiger partial charge < -0.3 is 9.47 Å². The zero-order chi connectivity index (χ0) is 22.1. The Balaban J connectivity index is 1.47. The van der Waals surface area contributed by atoms with Gasteiger partial charge in [0.05, 0.1) is 17.8 Å². The lowest BCUT2D eigenvalue weighted by atomic mass is 10.1. The Morgan fingerprint density at radius 3 is 2.42 bits per heavy atom. The van der Waals surface area contributed by atoms with Crippen LogP contribution in [0.2, 0.25) is 0 Å². The summed E-state index contributed by atoms with van der Waals surface area (Å²) >= 11 is 0. The summed E-state index contributed by atoms with van der Waals surface area (Å²) in [5.74, 6) is 1.06. The lowest BCUT2D eigenvalue weighted by Gasteiger charge is -2.10. The lowest BCUT2D eigenvalue weighted by Crippen LogP contribution is -2.25. The molecule has 0 unspecified atom stereocenters. The van der Waals surface area contributed by atoms with Crippen molar-refractivity contribution in [2.45, 2.75) is 20.5 Å². The summed E-state index contributed by atoms with van der Waals surface area (Å²) in [4.78, 5) is 12.0. The lowest BCUT2D eigenvalue weighted by molar-refractivity contribution is -0.123. The number of carbonyl (C=O) groups excluding carboxylic acids is 1. The highest BCUT2D eigenvalue weighted by Crippen LogP contribution is 2.22. The number of hydrogen-bond acceptors (Lipinski definition) is 5. The van der Waals surface area contributed by atoms with Crippen molar-refractivity contribution >= 4 is 12.1 Å². The molecule has 0 atom stereocenters. The second-order valence-corrected chi connectivity index (χ2v) is 6.93. The van der Waals surface area contributed by atoms with Crippen LogP contribution < -0.4 is 14.9 Å². The molecule has 3 aromatic rings. The van der Waals surface area contributed by atoms with E-state index in [1.807, 2.05) is 74.5 Å². The molecule has 1 N–H and O–H groups in total. The summed E-state index contributed by atoms with van der Waals surface area (Å²) in [6, 6.07) is 22.6. The quantitative estimate of drug-likeness (QED) is 0.441. The number of benzene rings is 3. The summed E-state index contributed by atoms with van der Waals surface area (Å²) in [6.45, 7) is 4.08. The molecular weight excluding hydrogens is 390 g/mol. The van der Waals surface area contributed by atoms with E-state index in [2.05, 4.69) is 16.6 Å². The fourth-order valence-corrected chi connectivity index (χ4v) is 2.94. The Hall–Kier alpha value is -4.11. The normalized spacial score (nSPS) is 10.5. The molecule has 3 rings (SSSR count). The number of hydrazone groups is 1. The summed E-state index contributed by atoms with van der Waals surface area (Å²) < 4.78 is 11.3. The Labute approximate surface area is 181 Å². The van der Waals surface area contributed by atoms with E-state index < -0.39 is 0 Å². The first kappa shape index (κ1) is 21.6. The van der Waals surface area contributed by atoms with E-state index in [1.54, 1.807) is 12.3 Å². The SMILES string of the molecule is Cc1cccc(C)c1OCC(=O)N/N=C/c1ccc(OCc2ccccc2C#N)cc1. The van der Waals surface area contributed by atoms with Crippen LogP contribution >= 0.6 is 0 Å². The van der Waals surface area contributed by atoms with Gasteiger partial charge in [-0.2, -0.15) is 10.4 Å². The maximum Gasteiger partial charge on any atom is 0.277 e. The number of nitrogens with zero attached hydrogens (tertiary/aromatic N) is 2. The zero-order valence-electron chi connectivity index (χ0n) is 17.5. The van der Waals surface area contributed by atoms with Crippen molar-refractivity contribution in [2.75, 3.05) is 6.61 Å². The topological polar surface area (TPSA) is 83.7 Å². The smallest absolute Gasteiger partial charge is 0.277 e. The third-order valence-electron chi connectivity index (χ3n) is 4.57.